The molecule has 2 aromatic rings. The zero-order valence-electron chi connectivity index (χ0n) is 10.9. The SMILES string of the molecule is COC(=O)c1ccc(C(=O)c2ccccc2CBr)cc1. The molecule has 0 heterocycles. The molecule has 0 bridgehead atoms. The van der Waals surface area contributed by atoms with Gasteiger partial charge < -0.3 is 4.74 Å². The van der Waals surface area contributed by atoms with Crippen molar-refractivity contribution in [1.29, 1.82) is 0 Å². The lowest BCUT2D eigenvalue weighted by atomic mass is 9.98. The van der Waals surface area contributed by atoms with Crippen molar-refractivity contribution in [3.8, 4) is 0 Å². The third-order valence-electron chi connectivity index (χ3n) is 2.97. The molecule has 3 nitrogen and oxygen atoms in total. The average Bonchev–Trinajstić information content (AvgIpc) is 2.53. The highest BCUT2D eigenvalue weighted by Crippen LogP contribution is 2.17. The lowest BCUT2D eigenvalue weighted by Gasteiger charge is -2.06. The van der Waals surface area contributed by atoms with E-state index in [0.29, 0.717) is 22.0 Å². The van der Waals surface area contributed by atoms with E-state index in [9.17, 15) is 9.59 Å². The summed E-state index contributed by atoms with van der Waals surface area (Å²) in [6.07, 6.45) is 0. The lowest BCUT2D eigenvalue weighted by Crippen LogP contribution is -2.06. The number of carbonyl (C=O) groups is 2. The van der Waals surface area contributed by atoms with Crippen molar-refractivity contribution in [3.63, 3.8) is 0 Å². The molecule has 2 rings (SSSR count). The summed E-state index contributed by atoms with van der Waals surface area (Å²) in [4.78, 5) is 23.8. The van der Waals surface area contributed by atoms with Crippen LogP contribution in [0.15, 0.2) is 48.5 Å². The fourth-order valence-electron chi connectivity index (χ4n) is 1.89. The molecular formula is C16H13BrO3. The first-order valence-corrected chi connectivity index (χ1v) is 7.16. The van der Waals surface area contributed by atoms with Gasteiger partial charge in [0.25, 0.3) is 0 Å². The molecule has 20 heavy (non-hydrogen) atoms. The highest BCUT2D eigenvalue weighted by molar-refractivity contribution is 9.08. The van der Waals surface area contributed by atoms with Gasteiger partial charge in [-0.1, -0.05) is 52.3 Å². The molecule has 0 aromatic heterocycles. The van der Waals surface area contributed by atoms with Gasteiger partial charge in [0.05, 0.1) is 12.7 Å². The van der Waals surface area contributed by atoms with E-state index in [4.69, 9.17) is 0 Å². The van der Waals surface area contributed by atoms with Gasteiger partial charge in [0, 0.05) is 16.5 Å². The predicted molar refractivity (Wildman–Crippen MR) is 80.3 cm³/mol. The van der Waals surface area contributed by atoms with Crippen LogP contribution < -0.4 is 0 Å². The largest absolute Gasteiger partial charge is 0.465 e. The zero-order valence-corrected chi connectivity index (χ0v) is 12.5. The van der Waals surface area contributed by atoms with Crippen molar-refractivity contribution >= 4 is 27.7 Å². The highest BCUT2D eigenvalue weighted by Gasteiger charge is 2.13. The Morgan fingerprint density at radius 2 is 1.60 bits per heavy atom. The number of methoxy groups -OCH3 is 1. The van der Waals surface area contributed by atoms with Crippen LogP contribution in [0.5, 0.6) is 0 Å². The molecule has 0 unspecified atom stereocenters. The summed E-state index contributed by atoms with van der Waals surface area (Å²) >= 11 is 3.38. The third-order valence-corrected chi connectivity index (χ3v) is 3.58. The van der Waals surface area contributed by atoms with Gasteiger partial charge in [0.1, 0.15) is 0 Å². The van der Waals surface area contributed by atoms with Gasteiger partial charge in [0.2, 0.25) is 0 Å². The molecular weight excluding hydrogens is 320 g/mol. The Labute approximate surface area is 125 Å². The number of carbonyl (C=O) groups excluding carboxylic acids is 2. The van der Waals surface area contributed by atoms with E-state index in [1.807, 2.05) is 18.2 Å². The number of halogens is 1. The second-order valence-corrected chi connectivity index (χ2v) is 4.75. The molecule has 0 saturated heterocycles. The Balaban J connectivity index is 2.32. The molecule has 0 aliphatic heterocycles. The maximum atomic E-state index is 12.4. The van der Waals surface area contributed by atoms with Crippen LogP contribution in [0, 0.1) is 0 Å². The van der Waals surface area contributed by atoms with Gasteiger partial charge in [-0.05, 0) is 17.7 Å². The fraction of sp³-hybridized carbons (Fsp3) is 0.125. The van der Waals surface area contributed by atoms with Gasteiger partial charge in [-0.2, -0.15) is 0 Å². The summed E-state index contributed by atoms with van der Waals surface area (Å²) in [6.45, 7) is 0. The van der Waals surface area contributed by atoms with Crippen molar-refractivity contribution in [2.45, 2.75) is 5.33 Å². The summed E-state index contributed by atoms with van der Waals surface area (Å²) < 4.78 is 4.63. The number of benzene rings is 2. The number of esters is 1. The summed E-state index contributed by atoms with van der Waals surface area (Å²) in [5.41, 5.74) is 2.58. The zero-order chi connectivity index (χ0) is 14.5. The fourth-order valence-corrected chi connectivity index (χ4v) is 2.38. The maximum absolute atomic E-state index is 12.4. The standard InChI is InChI=1S/C16H13BrO3/c1-20-16(19)12-8-6-11(7-9-12)15(18)14-5-3-2-4-13(14)10-17/h2-9H,10H2,1H3. The minimum atomic E-state index is -0.412. The number of alkyl halides is 1. The second kappa shape index (κ2) is 6.48. The molecule has 0 N–H and O–H groups in total. The smallest absolute Gasteiger partial charge is 0.337 e. The van der Waals surface area contributed by atoms with Gasteiger partial charge in [0.15, 0.2) is 5.78 Å². The normalized spacial score (nSPS) is 10.1. The van der Waals surface area contributed by atoms with Gasteiger partial charge >= 0.3 is 5.97 Å². The highest BCUT2D eigenvalue weighted by atomic mass is 79.9. The summed E-state index contributed by atoms with van der Waals surface area (Å²) in [7, 11) is 1.33. The van der Waals surface area contributed by atoms with E-state index < -0.39 is 5.97 Å². The van der Waals surface area contributed by atoms with Crippen molar-refractivity contribution in [3.05, 3.63) is 70.8 Å². The van der Waals surface area contributed by atoms with Gasteiger partial charge in [-0.3, -0.25) is 4.79 Å². The van der Waals surface area contributed by atoms with Crippen LogP contribution in [0.25, 0.3) is 0 Å². The van der Waals surface area contributed by atoms with Crippen molar-refractivity contribution in [2.24, 2.45) is 0 Å². The molecule has 0 fully saturated rings. The van der Waals surface area contributed by atoms with Crippen LogP contribution in [0.4, 0.5) is 0 Å². The van der Waals surface area contributed by atoms with Crippen LogP contribution in [0.2, 0.25) is 0 Å². The minimum Gasteiger partial charge on any atom is -0.465 e. The van der Waals surface area contributed by atoms with E-state index >= 15 is 0 Å². The predicted octanol–water partition coefficient (Wildman–Crippen LogP) is 3.60. The van der Waals surface area contributed by atoms with Crippen LogP contribution in [-0.2, 0) is 10.1 Å². The van der Waals surface area contributed by atoms with Crippen LogP contribution in [0.3, 0.4) is 0 Å². The van der Waals surface area contributed by atoms with Crippen LogP contribution in [0.1, 0.15) is 31.8 Å². The first-order valence-electron chi connectivity index (χ1n) is 6.04. The Bertz CT molecular complexity index is 632. The topological polar surface area (TPSA) is 43.4 Å². The van der Waals surface area contributed by atoms with Gasteiger partial charge in [-0.25, -0.2) is 4.79 Å². The minimum absolute atomic E-state index is 0.0588. The molecule has 0 aliphatic rings. The number of hydrogen-bond donors (Lipinski definition) is 0. The van der Waals surface area contributed by atoms with Crippen molar-refractivity contribution in [1.82, 2.24) is 0 Å². The first kappa shape index (κ1) is 14.5. The molecule has 0 aliphatic carbocycles. The quantitative estimate of drug-likeness (QED) is 0.488. The van der Waals surface area contributed by atoms with E-state index in [2.05, 4.69) is 20.7 Å². The first-order chi connectivity index (χ1) is 9.67. The Kier molecular flexibility index (Phi) is 4.69. The van der Waals surface area contributed by atoms with Crippen LogP contribution >= 0.6 is 15.9 Å². The van der Waals surface area contributed by atoms with Crippen molar-refractivity contribution < 1.29 is 14.3 Å². The maximum Gasteiger partial charge on any atom is 0.337 e. The van der Waals surface area contributed by atoms with E-state index in [0.717, 1.165) is 5.56 Å². The van der Waals surface area contributed by atoms with Crippen molar-refractivity contribution in [2.75, 3.05) is 7.11 Å². The summed E-state index contributed by atoms with van der Waals surface area (Å²) in [5.74, 6) is -0.471. The summed E-state index contributed by atoms with van der Waals surface area (Å²) in [5, 5.41) is 0.620. The number of hydrogen-bond acceptors (Lipinski definition) is 3. The molecule has 102 valence electrons. The third kappa shape index (κ3) is 2.96. The monoisotopic (exact) mass is 332 g/mol. The Morgan fingerprint density at radius 3 is 2.20 bits per heavy atom. The van der Waals surface area contributed by atoms with E-state index in [1.165, 1.54) is 7.11 Å². The molecule has 0 atom stereocenters. The Hall–Kier alpha value is -1.94. The second-order valence-electron chi connectivity index (χ2n) is 4.19. The Morgan fingerprint density at radius 1 is 1.00 bits per heavy atom. The summed E-state index contributed by atoms with van der Waals surface area (Å²) in [6, 6.07) is 13.9. The molecule has 0 spiro atoms. The van der Waals surface area contributed by atoms with Gasteiger partial charge in [-0.15, -0.1) is 0 Å². The molecule has 0 amide bonds. The molecule has 2 aromatic carbocycles. The average molecular weight is 333 g/mol. The van der Waals surface area contributed by atoms with E-state index in [1.54, 1.807) is 30.3 Å². The number of ketones is 1. The number of rotatable bonds is 4. The lowest BCUT2D eigenvalue weighted by molar-refractivity contribution is 0.0600. The molecule has 0 saturated carbocycles. The molecule has 4 heteroatoms. The van der Waals surface area contributed by atoms with Crippen LogP contribution in [-0.4, -0.2) is 18.9 Å². The molecule has 0 radical (unpaired) electrons. The van der Waals surface area contributed by atoms with E-state index in [-0.39, 0.29) is 5.78 Å². The number of ether oxygens (including phenoxy) is 1.